The van der Waals surface area contributed by atoms with E-state index in [2.05, 4.69) is 12.1 Å². The summed E-state index contributed by atoms with van der Waals surface area (Å²) in [5.41, 5.74) is 1.24. The van der Waals surface area contributed by atoms with Gasteiger partial charge in [0.15, 0.2) is 0 Å². The summed E-state index contributed by atoms with van der Waals surface area (Å²) in [6.07, 6.45) is 1.34. The number of hydrogen-bond acceptors (Lipinski definition) is 1. The predicted octanol–water partition coefficient (Wildman–Crippen LogP) is 2.23. The first-order valence-electron chi connectivity index (χ1n) is 5.79. The summed E-state index contributed by atoms with van der Waals surface area (Å²) in [6, 6.07) is 10.4. The van der Waals surface area contributed by atoms with Gasteiger partial charge in [-0.3, -0.25) is 0 Å². The zero-order valence-electron chi connectivity index (χ0n) is 9.04. The van der Waals surface area contributed by atoms with E-state index in [9.17, 15) is 4.79 Å². The van der Waals surface area contributed by atoms with Gasteiger partial charge in [0.1, 0.15) is 0 Å². The molecular formula is C13H15NO2. The number of piperidine rings is 1. The molecule has 1 saturated heterocycles. The SMILES string of the molecule is O=C(O)N1CC2CC2C1Cc1ccccc1. The molecule has 0 radical (unpaired) electrons. The highest BCUT2D eigenvalue weighted by Gasteiger charge is 2.53. The van der Waals surface area contributed by atoms with E-state index in [0.29, 0.717) is 11.8 Å². The van der Waals surface area contributed by atoms with Gasteiger partial charge in [-0.2, -0.15) is 0 Å². The number of benzene rings is 1. The summed E-state index contributed by atoms with van der Waals surface area (Å²) in [6.45, 7) is 0.748. The first-order chi connectivity index (χ1) is 7.75. The molecule has 3 heteroatoms. The molecule has 1 N–H and O–H groups in total. The van der Waals surface area contributed by atoms with E-state index in [4.69, 9.17) is 5.11 Å². The van der Waals surface area contributed by atoms with Gasteiger partial charge >= 0.3 is 6.09 Å². The third-order valence-corrected chi connectivity index (χ3v) is 3.84. The van der Waals surface area contributed by atoms with Crippen LogP contribution in [0.4, 0.5) is 4.79 Å². The molecule has 1 saturated carbocycles. The molecule has 1 amide bonds. The molecule has 1 aromatic rings. The van der Waals surface area contributed by atoms with Crippen molar-refractivity contribution in [2.24, 2.45) is 11.8 Å². The lowest BCUT2D eigenvalue weighted by atomic mass is 10.0. The van der Waals surface area contributed by atoms with Crippen molar-refractivity contribution in [1.29, 1.82) is 0 Å². The fourth-order valence-corrected chi connectivity index (χ4v) is 2.91. The van der Waals surface area contributed by atoms with E-state index in [-0.39, 0.29) is 6.04 Å². The Kier molecular flexibility index (Phi) is 2.13. The van der Waals surface area contributed by atoms with E-state index in [0.717, 1.165) is 13.0 Å². The summed E-state index contributed by atoms with van der Waals surface area (Å²) in [7, 11) is 0. The summed E-state index contributed by atoms with van der Waals surface area (Å²) in [5.74, 6) is 1.26. The molecule has 3 unspecified atom stereocenters. The minimum atomic E-state index is -0.756. The van der Waals surface area contributed by atoms with Crippen LogP contribution in [-0.2, 0) is 6.42 Å². The van der Waals surface area contributed by atoms with Crippen molar-refractivity contribution >= 4 is 6.09 Å². The molecule has 3 nitrogen and oxygen atoms in total. The number of rotatable bonds is 2. The highest BCUT2D eigenvalue weighted by molar-refractivity contribution is 5.66. The van der Waals surface area contributed by atoms with Crippen LogP contribution in [-0.4, -0.2) is 28.7 Å². The van der Waals surface area contributed by atoms with Crippen LogP contribution in [0.15, 0.2) is 30.3 Å². The predicted molar refractivity (Wildman–Crippen MR) is 60.3 cm³/mol. The smallest absolute Gasteiger partial charge is 0.407 e. The number of fused-ring (bicyclic) bond motifs is 1. The quantitative estimate of drug-likeness (QED) is 0.825. The van der Waals surface area contributed by atoms with E-state index >= 15 is 0 Å². The van der Waals surface area contributed by atoms with Gasteiger partial charge in [-0.25, -0.2) is 4.79 Å². The lowest BCUT2D eigenvalue weighted by molar-refractivity contribution is 0.131. The van der Waals surface area contributed by atoms with Gasteiger partial charge in [0.05, 0.1) is 0 Å². The molecule has 1 heterocycles. The Morgan fingerprint density at radius 3 is 2.81 bits per heavy atom. The molecule has 0 spiro atoms. The first-order valence-corrected chi connectivity index (χ1v) is 5.79. The number of hydrogen-bond donors (Lipinski definition) is 1. The minimum Gasteiger partial charge on any atom is -0.465 e. The van der Waals surface area contributed by atoms with Crippen LogP contribution in [0.5, 0.6) is 0 Å². The summed E-state index contributed by atoms with van der Waals surface area (Å²) in [5, 5.41) is 9.13. The van der Waals surface area contributed by atoms with Crippen LogP contribution in [0.2, 0.25) is 0 Å². The Morgan fingerprint density at radius 2 is 2.12 bits per heavy atom. The molecule has 3 rings (SSSR count). The van der Waals surface area contributed by atoms with Crippen LogP contribution in [0.25, 0.3) is 0 Å². The van der Waals surface area contributed by atoms with Gasteiger partial charge in [-0.05, 0) is 30.2 Å². The molecule has 0 bridgehead atoms. The second-order valence-electron chi connectivity index (χ2n) is 4.85. The third kappa shape index (κ3) is 1.56. The topological polar surface area (TPSA) is 40.5 Å². The number of carbonyl (C=O) groups is 1. The number of amides is 1. The van der Waals surface area contributed by atoms with E-state index in [1.54, 1.807) is 4.90 Å². The van der Waals surface area contributed by atoms with Crippen molar-refractivity contribution in [3.63, 3.8) is 0 Å². The Labute approximate surface area is 94.7 Å². The number of carboxylic acid groups (broad SMARTS) is 1. The van der Waals surface area contributed by atoms with Crippen molar-refractivity contribution < 1.29 is 9.90 Å². The lowest BCUT2D eigenvalue weighted by Gasteiger charge is -2.24. The Balaban J connectivity index is 1.76. The Hall–Kier alpha value is -1.51. The molecule has 2 fully saturated rings. The van der Waals surface area contributed by atoms with Crippen molar-refractivity contribution in [3.8, 4) is 0 Å². The highest BCUT2D eigenvalue weighted by atomic mass is 16.4. The molecule has 2 aliphatic rings. The average molecular weight is 217 g/mol. The maximum Gasteiger partial charge on any atom is 0.407 e. The molecular weight excluding hydrogens is 202 g/mol. The lowest BCUT2D eigenvalue weighted by Crippen LogP contribution is -2.38. The van der Waals surface area contributed by atoms with Gasteiger partial charge < -0.3 is 10.0 Å². The Bertz CT molecular complexity index is 404. The van der Waals surface area contributed by atoms with Gasteiger partial charge in [0, 0.05) is 12.6 Å². The normalized spacial score (nSPS) is 31.2. The van der Waals surface area contributed by atoms with Crippen molar-refractivity contribution in [3.05, 3.63) is 35.9 Å². The average Bonchev–Trinajstić information content (AvgIpc) is 2.97. The third-order valence-electron chi connectivity index (χ3n) is 3.84. The minimum absolute atomic E-state index is 0.213. The zero-order valence-corrected chi connectivity index (χ0v) is 9.04. The molecule has 84 valence electrons. The number of likely N-dealkylation sites (tertiary alicyclic amines) is 1. The molecule has 16 heavy (non-hydrogen) atoms. The maximum absolute atomic E-state index is 11.1. The van der Waals surface area contributed by atoms with Crippen LogP contribution in [0.3, 0.4) is 0 Å². The zero-order chi connectivity index (χ0) is 11.1. The van der Waals surface area contributed by atoms with Crippen molar-refractivity contribution in [2.75, 3.05) is 6.54 Å². The Morgan fingerprint density at radius 1 is 1.38 bits per heavy atom. The van der Waals surface area contributed by atoms with E-state index in [1.807, 2.05) is 18.2 Å². The highest BCUT2D eigenvalue weighted by Crippen LogP contribution is 2.50. The summed E-state index contributed by atoms with van der Waals surface area (Å²) in [4.78, 5) is 12.7. The largest absolute Gasteiger partial charge is 0.465 e. The monoisotopic (exact) mass is 217 g/mol. The fraction of sp³-hybridized carbons (Fsp3) is 0.462. The maximum atomic E-state index is 11.1. The van der Waals surface area contributed by atoms with Crippen molar-refractivity contribution in [2.45, 2.75) is 18.9 Å². The molecule has 1 aliphatic heterocycles. The summed E-state index contributed by atoms with van der Waals surface area (Å²) < 4.78 is 0. The summed E-state index contributed by atoms with van der Waals surface area (Å²) >= 11 is 0. The van der Waals surface area contributed by atoms with Crippen molar-refractivity contribution in [1.82, 2.24) is 4.90 Å². The molecule has 3 atom stereocenters. The first kappa shape index (κ1) is 9.70. The second kappa shape index (κ2) is 3.51. The van der Waals surface area contributed by atoms with Crippen LogP contribution >= 0.6 is 0 Å². The second-order valence-corrected chi connectivity index (χ2v) is 4.85. The van der Waals surface area contributed by atoms with Gasteiger partial charge in [-0.15, -0.1) is 0 Å². The van der Waals surface area contributed by atoms with Gasteiger partial charge in [0.25, 0.3) is 0 Å². The van der Waals surface area contributed by atoms with Crippen LogP contribution in [0.1, 0.15) is 12.0 Å². The molecule has 1 aromatic carbocycles. The number of nitrogens with zero attached hydrogens (tertiary/aromatic N) is 1. The molecule has 1 aliphatic carbocycles. The standard InChI is InChI=1S/C13H15NO2/c15-13(16)14-8-10-7-11(10)12(14)6-9-4-2-1-3-5-9/h1-5,10-12H,6-8H2,(H,15,16). The van der Waals surface area contributed by atoms with E-state index < -0.39 is 6.09 Å². The van der Waals surface area contributed by atoms with Gasteiger partial charge in [-0.1, -0.05) is 30.3 Å². The van der Waals surface area contributed by atoms with Crippen LogP contribution < -0.4 is 0 Å². The van der Waals surface area contributed by atoms with E-state index in [1.165, 1.54) is 12.0 Å². The van der Waals surface area contributed by atoms with Crippen LogP contribution in [0, 0.1) is 11.8 Å². The molecule has 0 aromatic heterocycles. The van der Waals surface area contributed by atoms with Gasteiger partial charge in [0.2, 0.25) is 0 Å². The fourth-order valence-electron chi connectivity index (χ4n) is 2.91.